The van der Waals surface area contributed by atoms with E-state index in [9.17, 15) is 18.0 Å². The Labute approximate surface area is 212 Å². The van der Waals surface area contributed by atoms with E-state index in [0.29, 0.717) is 29.9 Å². The number of ether oxygens (including phenoxy) is 3. The van der Waals surface area contributed by atoms with E-state index < -0.39 is 24.1 Å². The Hall–Kier alpha value is -2.74. The van der Waals surface area contributed by atoms with E-state index in [-0.39, 0.29) is 12.2 Å². The van der Waals surface area contributed by atoms with Crippen molar-refractivity contribution in [2.45, 2.75) is 45.8 Å². The van der Waals surface area contributed by atoms with Gasteiger partial charge in [-0.3, -0.25) is 9.69 Å². The normalized spacial score (nSPS) is 18.2. The Kier molecular flexibility index (Phi) is 10.6. The number of benzene rings is 1. The molecule has 1 aromatic rings. The number of methoxy groups -OCH3 is 2. The summed E-state index contributed by atoms with van der Waals surface area (Å²) in [7, 11) is 3.08. The molecule has 0 fully saturated rings. The number of hydrogen-bond donors (Lipinski definition) is 0. The quantitative estimate of drug-likeness (QED) is 0.244. The van der Waals surface area contributed by atoms with E-state index in [4.69, 9.17) is 14.2 Å². The molecule has 0 saturated heterocycles. The second kappa shape index (κ2) is 13.0. The van der Waals surface area contributed by atoms with Crippen molar-refractivity contribution in [3.05, 3.63) is 60.2 Å². The van der Waals surface area contributed by atoms with E-state index in [1.807, 2.05) is 12.1 Å². The lowest BCUT2D eigenvalue weighted by molar-refractivity contribution is -0.191. The van der Waals surface area contributed by atoms with Crippen molar-refractivity contribution in [3.8, 4) is 11.5 Å². The maximum absolute atomic E-state index is 13.8. The fourth-order valence-corrected chi connectivity index (χ4v) is 4.89. The van der Waals surface area contributed by atoms with Crippen molar-refractivity contribution in [2.75, 3.05) is 33.9 Å². The van der Waals surface area contributed by atoms with Gasteiger partial charge < -0.3 is 14.2 Å². The van der Waals surface area contributed by atoms with E-state index in [1.54, 1.807) is 7.11 Å². The first-order chi connectivity index (χ1) is 17.0. The molecule has 0 bridgehead atoms. The zero-order chi connectivity index (χ0) is 27.0. The highest BCUT2D eigenvalue weighted by Gasteiger charge is 2.48. The molecule has 200 valence electrons. The van der Waals surface area contributed by atoms with Gasteiger partial charge in [-0.05, 0) is 53.5 Å². The lowest BCUT2D eigenvalue weighted by atomic mass is 9.90. The minimum atomic E-state index is -4.83. The third-order valence-electron chi connectivity index (χ3n) is 6.36. The number of carbonyl (C=O) groups excluding carboxylic acids is 1. The standard InChI is InChI=1S/C28H38F3NO4/c1-8-10-20(9-2)26(28(29,30)31)27(33)36-17-23-22-15-25(35-7)24(34-6)14-21(22)11-12-32(23)16-19(5)13-18(3)4/h8-10,14-15,18-19,23,26H,1-2,11-13,16-17H2,3-7H3/b20-10+/t19-,23+,26+/m0/s1. The van der Waals surface area contributed by atoms with Crippen molar-refractivity contribution < 1.29 is 32.2 Å². The number of hydrogen-bond acceptors (Lipinski definition) is 5. The van der Waals surface area contributed by atoms with Crippen LogP contribution in [-0.2, 0) is 16.0 Å². The zero-order valence-electron chi connectivity index (χ0n) is 21.9. The molecule has 36 heavy (non-hydrogen) atoms. The van der Waals surface area contributed by atoms with Crippen LogP contribution in [0.25, 0.3) is 0 Å². The van der Waals surface area contributed by atoms with Gasteiger partial charge in [0.2, 0.25) is 0 Å². The van der Waals surface area contributed by atoms with Crippen molar-refractivity contribution in [2.24, 2.45) is 17.8 Å². The third kappa shape index (κ3) is 7.38. The SMILES string of the molecule is C=C/C=C(\C=C)[C@H](C(=O)OC[C@@H]1c2cc(OC)c(OC)cc2CCN1C[C@@H](C)CC(C)C)C(F)(F)F. The van der Waals surface area contributed by atoms with Crippen LogP contribution < -0.4 is 9.47 Å². The van der Waals surface area contributed by atoms with Gasteiger partial charge in [-0.25, -0.2) is 0 Å². The van der Waals surface area contributed by atoms with Crippen LogP contribution >= 0.6 is 0 Å². The van der Waals surface area contributed by atoms with Gasteiger partial charge in [0.25, 0.3) is 0 Å². The van der Waals surface area contributed by atoms with Crippen LogP contribution in [0.4, 0.5) is 13.2 Å². The third-order valence-corrected chi connectivity index (χ3v) is 6.36. The molecule has 0 aliphatic carbocycles. The fraction of sp³-hybridized carbons (Fsp3) is 0.536. The first-order valence-corrected chi connectivity index (χ1v) is 12.1. The Morgan fingerprint density at radius 2 is 1.81 bits per heavy atom. The predicted octanol–water partition coefficient (Wildman–Crippen LogP) is 6.31. The molecule has 2 rings (SSSR count). The van der Waals surface area contributed by atoms with Crippen LogP contribution in [0.2, 0.25) is 0 Å². The maximum atomic E-state index is 13.8. The Bertz CT molecular complexity index is 955. The number of alkyl halides is 3. The highest BCUT2D eigenvalue weighted by molar-refractivity contribution is 5.78. The first kappa shape index (κ1) is 29.5. The molecule has 0 N–H and O–H groups in total. The molecular weight excluding hydrogens is 471 g/mol. The highest BCUT2D eigenvalue weighted by atomic mass is 19.4. The molecule has 0 saturated carbocycles. The van der Waals surface area contributed by atoms with Crippen LogP contribution in [-0.4, -0.2) is 51.0 Å². The fourth-order valence-electron chi connectivity index (χ4n) is 4.89. The average Bonchev–Trinajstić information content (AvgIpc) is 2.80. The largest absolute Gasteiger partial charge is 0.493 e. The number of nitrogens with zero attached hydrogens (tertiary/aromatic N) is 1. The smallest absolute Gasteiger partial charge is 0.406 e. The zero-order valence-corrected chi connectivity index (χ0v) is 21.9. The summed E-state index contributed by atoms with van der Waals surface area (Å²) in [6, 6.07) is 3.30. The van der Waals surface area contributed by atoms with Gasteiger partial charge in [0.15, 0.2) is 17.4 Å². The summed E-state index contributed by atoms with van der Waals surface area (Å²) >= 11 is 0. The van der Waals surface area contributed by atoms with Crippen molar-refractivity contribution in [1.29, 1.82) is 0 Å². The monoisotopic (exact) mass is 509 g/mol. The Balaban J connectivity index is 2.40. The summed E-state index contributed by atoms with van der Waals surface area (Å²) in [5.74, 6) is -1.83. The predicted molar refractivity (Wildman–Crippen MR) is 135 cm³/mol. The van der Waals surface area contributed by atoms with Crippen LogP contribution in [0, 0.1) is 17.8 Å². The van der Waals surface area contributed by atoms with Gasteiger partial charge in [0.05, 0.1) is 20.3 Å². The van der Waals surface area contributed by atoms with E-state index in [0.717, 1.165) is 42.7 Å². The van der Waals surface area contributed by atoms with Gasteiger partial charge in [0, 0.05) is 13.1 Å². The van der Waals surface area contributed by atoms with Crippen LogP contribution in [0.3, 0.4) is 0 Å². The topological polar surface area (TPSA) is 48.0 Å². The first-order valence-electron chi connectivity index (χ1n) is 12.1. The minimum absolute atomic E-state index is 0.221. The molecule has 8 heteroatoms. The summed E-state index contributed by atoms with van der Waals surface area (Å²) in [5.41, 5.74) is 1.55. The molecule has 1 aliphatic heterocycles. The van der Waals surface area contributed by atoms with E-state index in [2.05, 4.69) is 38.8 Å². The van der Waals surface area contributed by atoms with Crippen molar-refractivity contribution in [1.82, 2.24) is 4.90 Å². The molecular formula is C28H38F3NO4. The number of halogens is 3. The molecule has 0 aromatic heterocycles. The lowest BCUT2D eigenvalue weighted by Gasteiger charge is -2.39. The van der Waals surface area contributed by atoms with Gasteiger partial charge in [0.1, 0.15) is 6.61 Å². The molecule has 0 unspecified atom stereocenters. The number of esters is 1. The number of rotatable bonds is 12. The maximum Gasteiger partial charge on any atom is 0.406 e. The average molecular weight is 510 g/mol. The van der Waals surface area contributed by atoms with Crippen LogP contribution in [0.5, 0.6) is 11.5 Å². The van der Waals surface area contributed by atoms with Crippen molar-refractivity contribution in [3.63, 3.8) is 0 Å². The Morgan fingerprint density at radius 1 is 1.17 bits per heavy atom. The molecule has 1 aliphatic rings. The molecule has 0 spiro atoms. The van der Waals surface area contributed by atoms with Crippen LogP contribution in [0.1, 0.15) is 44.4 Å². The summed E-state index contributed by atoms with van der Waals surface area (Å²) in [4.78, 5) is 15.0. The van der Waals surface area contributed by atoms with Crippen LogP contribution in [0.15, 0.2) is 49.1 Å². The number of carbonyl (C=O) groups is 1. The minimum Gasteiger partial charge on any atom is -0.493 e. The molecule has 0 amide bonds. The van der Waals surface area contributed by atoms with E-state index in [1.165, 1.54) is 13.2 Å². The number of fused-ring (bicyclic) bond motifs is 1. The molecule has 5 nitrogen and oxygen atoms in total. The van der Waals surface area contributed by atoms with Gasteiger partial charge >= 0.3 is 12.1 Å². The summed E-state index contributed by atoms with van der Waals surface area (Å²) in [6.07, 6.45) is 0.243. The second-order valence-electron chi connectivity index (χ2n) is 9.61. The van der Waals surface area contributed by atoms with Gasteiger partial charge in [-0.2, -0.15) is 13.2 Å². The summed E-state index contributed by atoms with van der Waals surface area (Å²) < 4.78 is 57.8. The summed E-state index contributed by atoms with van der Waals surface area (Å²) in [6.45, 7) is 14.5. The highest BCUT2D eigenvalue weighted by Crippen LogP contribution is 2.39. The van der Waals surface area contributed by atoms with Gasteiger partial charge in [-0.1, -0.05) is 52.2 Å². The molecule has 3 atom stereocenters. The van der Waals surface area contributed by atoms with Gasteiger partial charge in [-0.15, -0.1) is 0 Å². The molecule has 1 aromatic carbocycles. The second-order valence-corrected chi connectivity index (χ2v) is 9.61. The molecule has 1 heterocycles. The van der Waals surface area contributed by atoms with E-state index >= 15 is 0 Å². The molecule has 0 radical (unpaired) electrons. The summed E-state index contributed by atoms with van der Waals surface area (Å²) in [5, 5.41) is 0. The Morgan fingerprint density at radius 3 is 2.33 bits per heavy atom. The lowest BCUT2D eigenvalue weighted by Crippen LogP contribution is -2.42. The number of allylic oxidation sites excluding steroid dienone is 3. The van der Waals surface area contributed by atoms with Crippen molar-refractivity contribution >= 4 is 5.97 Å².